The summed E-state index contributed by atoms with van der Waals surface area (Å²) in [5, 5.41) is 0. The number of esters is 3. The van der Waals surface area contributed by atoms with Crippen molar-refractivity contribution in [1.29, 1.82) is 0 Å². The number of allylic oxidation sites excluding steroid dienone is 1. The first kappa shape index (κ1) is 29.3. The van der Waals surface area contributed by atoms with Gasteiger partial charge < -0.3 is 23.7 Å². The molecular weight excluding hydrogens is 552 g/mol. The van der Waals surface area contributed by atoms with Gasteiger partial charge in [0.15, 0.2) is 27.8 Å². The molecule has 214 valence electrons. The zero-order valence-electron chi connectivity index (χ0n) is 23.3. The minimum absolute atomic E-state index is 0.179. The fourth-order valence-electron chi connectivity index (χ4n) is 4.37. The summed E-state index contributed by atoms with van der Waals surface area (Å²) in [6.07, 6.45) is 1.67. The van der Waals surface area contributed by atoms with Gasteiger partial charge in [-0.15, -0.1) is 0 Å². The highest BCUT2D eigenvalue weighted by atomic mass is 32.1. The zero-order chi connectivity index (χ0) is 29.8. The van der Waals surface area contributed by atoms with Gasteiger partial charge >= 0.3 is 17.9 Å². The van der Waals surface area contributed by atoms with Crippen LogP contribution in [0.3, 0.4) is 0 Å². The molecule has 0 spiro atoms. The van der Waals surface area contributed by atoms with Gasteiger partial charge in [0, 0.05) is 13.8 Å². The maximum Gasteiger partial charge on any atom is 0.338 e. The monoisotopic (exact) mass is 580 g/mol. The Bertz CT molecular complexity index is 1750. The number of rotatable bonds is 8. The van der Waals surface area contributed by atoms with Crippen LogP contribution in [0.2, 0.25) is 0 Å². The summed E-state index contributed by atoms with van der Waals surface area (Å²) < 4.78 is 28.3. The average molecular weight is 581 g/mol. The molecule has 0 bridgehead atoms. The molecule has 0 saturated heterocycles. The predicted octanol–water partition coefficient (Wildman–Crippen LogP) is 2.67. The Kier molecular flexibility index (Phi) is 8.72. The molecular formula is C29H28N2O9S. The van der Waals surface area contributed by atoms with Gasteiger partial charge in [-0.05, 0) is 55.3 Å². The molecule has 12 heteroatoms. The number of aromatic nitrogens is 1. The number of ether oxygens (including phenoxy) is 5. The zero-order valence-corrected chi connectivity index (χ0v) is 24.1. The van der Waals surface area contributed by atoms with Crippen molar-refractivity contribution in [3.8, 4) is 23.0 Å². The van der Waals surface area contributed by atoms with E-state index >= 15 is 0 Å². The summed E-state index contributed by atoms with van der Waals surface area (Å²) in [5.74, 6) is -0.595. The molecule has 2 aromatic carbocycles. The van der Waals surface area contributed by atoms with E-state index < -0.39 is 29.5 Å². The highest BCUT2D eigenvalue weighted by Crippen LogP contribution is 2.36. The van der Waals surface area contributed by atoms with Crippen LogP contribution < -0.4 is 33.8 Å². The standard InChI is InChI=1S/C29H28N2O9S/c1-7-38-23-12-18(8-10-21(23)40-17(4)33)13-24-27(34)31-26(25(28(35)37-6)15(2)30-29(31)41-24)19-9-11-20(39-16(3)32)22(14-19)36-5/h8-14,26H,7H2,1-6H3/b24-13+/t26-/m0/s1. The maximum absolute atomic E-state index is 13.9. The van der Waals surface area contributed by atoms with E-state index in [-0.39, 0.29) is 22.8 Å². The number of hydrogen-bond acceptors (Lipinski definition) is 11. The topological polar surface area (TPSA) is 132 Å². The van der Waals surface area contributed by atoms with Gasteiger partial charge in [0.05, 0.1) is 42.7 Å². The molecule has 1 aliphatic heterocycles. The molecule has 0 radical (unpaired) electrons. The van der Waals surface area contributed by atoms with Crippen LogP contribution in [-0.4, -0.2) is 43.3 Å². The Labute approximate surface area is 238 Å². The van der Waals surface area contributed by atoms with E-state index in [0.717, 1.165) is 11.3 Å². The van der Waals surface area contributed by atoms with Crippen molar-refractivity contribution < 1.29 is 38.1 Å². The predicted molar refractivity (Wildman–Crippen MR) is 149 cm³/mol. The summed E-state index contributed by atoms with van der Waals surface area (Å²) in [6, 6.07) is 8.84. The van der Waals surface area contributed by atoms with Crippen molar-refractivity contribution in [2.45, 2.75) is 33.7 Å². The van der Waals surface area contributed by atoms with Gasteiger partial charge in [-0.2, -0.15) is 0 Å². The van der Waals surface area contributed by atoms with E-state index in [4.69, 9.17) is 23.7 Å². The highest BCUT2D eigenvalue weighted by molar-refractivity contribution is 7.07. The van der Waals surface area contributed by atoms with Gasteiger partial charge in [0.25, 0.3) is 5.56 Å². The van der Waals surface area contributed by atoms with Gasteiger partial charge in [0.2, 0.25) is 0 Å². The SMILES string of the molecule is CCOc1cc(/C=c2/sc3n(c2=O)[C@@H](c2ccc(OC(C)=O)c(OC)c2)C(C(=O)OC)=C(C)N=3)ccc1OC(C)=O. The van der Waals surface area contributed by atoms with Crippen LogP contribution in [0, 0.1) is 0 Å². The lowest BCUT2D eigenvalue weighted by atomic mass is 9.95. The minimum Gasteiger partial charge on any atom is -0.493 e. The largest absolute Gasteiger partial charge is 0.493 e. The quantitative estimate of drug-likeness (QED) is 0.291. The van der Waals surface area contributed by atoms with Crippen molar-refractivity contribution in [2.75, 3.05) is 20.8 Å². The van der Waals surface area contributed by atoms with Gasteiger partial charge in [-0.1, -0.05) is 23.5 Å². The summed E-state index contributed by atoms with van der Waals surface area (Å²) >= 11 is 1.15. The molecule has 0 amide bonds. The van der Waals surface area contributed by atoms with Crippen LogP contribution >= 0.6 is 11.3 Å². The molecule has 0 saturated carbocycles. The highest BCUT2D eigenvalue weighted by Gasteiger charge is 2.33. The molecule has 3 aromatic rings. The first-order chi connectivity index (χ1) is 19.6. The Morgan fingerprint density at radius 3 is 2.24 bits per heavy atom. The number of nitrogens with zero attached hydrogens (tertiary/aromatic N) is 2. The van der Waals surface area contributed by atoms with Gasteiger partial charge in [0.1, 0.15) is 0 Å². The third-order valence-electron chi connectivity index (χ3n) is 6.00. The number of carbonyl (C=O) groups is 3. The molecule has 2 heterocycles. The van der Waals surface area contributed by atoms with E-state index in [9.17, 15) is 19.2 Å². The van der Waals surface area contributed by atoms with Crippen LogP contribution in [0.5, 0.6) is 23.0 Å². The second-order valence-electron chi connectivity index (χ2n) is 8.81. The molecule has 0 aliphatic carbocycles. The maximum atomic E-state index is 13.9. The lowest BCUT2D eigenvalue weighted by Gasteiger charge is -2.25. The molecule has 0 unspecified atom stereocenters. The summed E-state index contributed by atoms with van der Waals surface area (Å²) in [5.41, 5.74) is 1.32. The van der Waals surface area contributed by atoms with E-state index in [1.807, 2.05) is 0 Å². The third-order valence-corrected chi connectivity index (χ3v) is 6.99. The smallest absolute Gasteiger partial charge is 0.338 e. The van der Waals surface area contributed by atoms with E-state index in [1.54, 1.807) is 50.3 Å². The number of thiazole rings is 1. The first-order valence-electron chi connectivity index (χ1n) is 12.5. The van der Waals surface area contributed by atoms with Crippen molar-refractivity contribution >= 4 is 35.3 Å². The van der Waals surface area contributed by atoms with Crippen LogP contribution in [0.25, 0.3) is 6.08 Å². The number of fused-ring (bicyclic) bond motifs is 1. The Hall–Kier alpha value is -4.71. The van der Waals surface area contributed by atoms with Gasteiger partial charge in [-0.25, -0.2) is 9.79 Å². The van der Waals surface area contributed by atoms with Crippen LogP contribution in [-0.2, 0) is 19.1 Å². The summed E-state index contributed by atoms with van der Waals surface area (Å²) in [7, 11) is 2.67. The molecule has 41 heavy (non-hydrogen) atoms. The van der Waals surface area contributed by atoms with Crippen LogP contribution in [0.4, 0.5) is 0 Å². The first-order valence-corrected chi connectivity index (χ1v) is 13.3. The lowest BCUT2D eigenvalue weighted by Crippen LogP contribution is -2.39. The molecule has 0 N–H and O–H groups in total. The Morgan fingerprint density at radius 2 is 1.63 bits per heavy atom. The minimum atomic E-state index is -0.897. The van der Waals surface area contributed by atoms with Gasteiger partial charge in [-0.3, -0.25) is 19.0 Å². The number of hydrogen-bond donors (Lipinski definition) is 0. The molecule has 1 aliphatic rings. The van der Waals surface area contributed by atoms with E-state index in [2.05, 4.69) is 4.99 Å². The molecule has 11 nitrogen and oxygen atoms in total. The van der Waals surface area contributed by atoms with Crippen LogP contribution in [0.15, 0.2) is 57.5 Å². The molecule has 4 rings (SSSR count). The molecule has 1 atom stereocenters. The third kappa shape index (κ3) is 6.07. The second kappa shape index (κ2) is 12.2. The second-order valence-corrected chi connectivity index (χ2v) is 9.82. The fraction of sp³-hybridized carbons (Fsp3) is 0.276. The number of benzene rings is 2. The normalized spacial score (nSPS) is 14.6. The number of carbonyl (C=O) groups excluding carboxylic acids is 3. The van der Waals surface area contributed by atoms with Crippen molar-refractivity contribution in [2.24, 2.45) is 4.99 Å². The number of methoxy groups -OCH3 is 2. The fourth-order valence-corrected chi connectivity index (χ4v) is 5.42. The average Bonchev–Trinajstić information content (AvgIpc) is 3.22. The Morgan fingerprint density at radius 1 is 0.976 bits per heavy atom. The van der Waals surface area contributed by atoms with Crippen molar-refractivity contribution in [3.63, 3.8) is 0 Å². The van der Waals surface area contributed by atoms with Crippen molar-refractivity contribution in [1.82, 2.24) is 4.57 Å². The summed E-state index contributed by atoms with van der Waals surface area (Å²) in [6.45, 7) is 6.38. The Balaban J connectivity index is 1.90. The van der Waals surface area contributed by atoms with E-state index in [0.29, 0.717) is 38.5 Å². The molecule has 0 fully saturated rings. The summed E-state index contributed by atoms with van der Waals surface area (Å²) in [4.78, 5) is 54.7. The lowest BCUT2D eigenvalue weighted by molar-refractivity contribution is -0.136. The van der Waals surface area contributed by atoms with Crippen LogP contribution in [0.1, 0.15) is 44.9 Å². The molecule has 1 aromatic heterocycles. The van der Waals surface area contributed by atoms with Crippen molar-refractivity contribution in [3.05, 3.63) is 78.5 Å². The van der Waals surface area contributed by atoms with E-state index in [1.165, 1.54) is 38.7 Å².